The van der Waals surface area contributed by atoms with E-state index in [1.807, 2.05) is 0 Å². The van der Waals surface area contributed by atoms with Crippen LogP contribution < -0.4 is 11.2 Å². The maximum Gasteiger partial charge on any atom is 0.335 e. The van der Waals surface area contributed by atoms with E-state index >= 15 is 0 Å². The molecule has 10 heteroatoms. The molecule has 176 valence electrons. The van der Waals surface area contributed by atoms with Crippen molar-refractivity contribution in [3.05, 3.63) is 36.7 Å². The van der Waals surface area contributed by atoms with Gasteiger partial charge in [0.05, 0.1) is 10.2 Å². The van der Waals surface area contributed by atoms with Gasteiger partial charge in [-0.2, -0.15) is 0 Å². The number of hydrogen-bond acceptors (Lipinski definition) is 5. The number of rotatable bonds is 6. The van der Waals surface area contributed by atoms with Crippen LogP contribution >= 0.6 is 22.6 Å². The van der Waals surface area contributed by atoms with E-state index in [1.54, 1.807) is 0 Å². The van der Waals surface area contributed by atoms with Crippen LogP contribution in [0.4, 0.5) is 0 Å². The first-order chi connectivity index (χ1) is 13.9. The third kappa shape index (κ3) is 5.81. The second-order valence-corrected chi connectivity index (χ2v) is 21.9. The van der Waals surface area contributed by atoms with Gasteiger partial charge in [-0.1, -0.05) is 41.5 Å². The Bertz CT molecular complexity index is 954. The van der Waals surface area contributed by atoms with Gasteiger partial charge in [-0.15, -0.1) is 0 Å². The summed E-state index contributed by atoms with van der Waals surface area (Å²) in [4.78, 5) is 26.2. The Morgan fingerprint density at radius 1 is 1.06 bits per heavy atom. The molecular formula is C21H37IN2O5Si2. The molecule has 7 nitrogen and oxygen atoms in total. The normalized spacial score (nSPS) is 20.9. The van der Waals surface area contributed by atoms with E-state index in [-0.39, 0.29) is 22.3 Å². The molecule has 0 amide bonds. The minimum Gasteiger partial charge on any atom is -0.469 e. The summed E-state index contributed by atoms with van der Waals surface area (Å²) >= 11 is 2.20. The highest BCUT2D eigenvalue weighted by atomic mass is 127. The molecule has 0 saturated carbocycles. The first kappa shape index (κ1) is 26.6. The summed E-state index contributed by atoms with van der Waals surface area (Å²) in [7, 11) is -4.13. The fraction of sp³-hybridized carbons (Fsp3) is 0.714. The third-order valence-corrected chi connectivity index (χ3v) is 16.8. The zero-order valence-corrected chi connectivity index (χ0v) is 24.5. The average molecular weight is 581 g/mol. The molecule has 0 aliphatic carbocycles. The summed E-state index contributed by atoms with van der Waals surface area (Å²) in [6, 6.07) is 1.31. The molecule has 2 rings (SSSR count). The molecule has 1 aliphatic rings. The third-order valence-electron chi connectivity index (χ3n) is 6.74. The molecule has 1 aromatic rings. The van der Waals surface area contributed by atoms with Gasteiger partial charge < -0.3 is 13.6 Å². The fourth-order valence-corrected chi connectivity index (χ4v) is 5.97. The lowest BCUT2D eigenvalue weighted by atomic mass is 10.2. The Balaban J connectivity index is 2.43. The lowest BCUT2D eigenvalue weighted by molar-refractivity contribution is 0.0335. The topological polar surface area (TPSA) is 82.5 Å². The highest BCUT2D eigenvalue weighted by molar-refractivity contribution is 14.1. The van der Waals surface area contributed by atoms with Crippen LogP contribution in [0.2, 0.25) is 36.3 Å². The summed E-state index contributed by atoms with van der Waals surface area (Å²) in [5.74, 6) is 0.398. The molecule has 1 aliphatic heterocycles. The molecule has 0 saturated heterocycles. The first-order valence-corrected chi connectivity index (χ1v) is 17.5. The van der Waals surface area contributed by atoms with Crippen molar-refractivity contribution < 1.29 is 13.6 Å². The second-order valence-electron chi connectivity index (χ2n) is 11.2. The lowest BCUT2D eigenvalue weighted by Gasteiger charge is -2.40. The molecule has 31 heavy (non-hydrogen) atoms. The van der Waals surface area contributed by atoms with Crippen LogP contribution in [-0.4, -0.2) is 45.0 Å². The van der Waals surface area contributed by atoms with Crippen molar-refractivity contribution in [3.63, 3.8) is 0 Å². The number of H-pyrrole nitrogens is 1. The summed E-state index contributed by atoms with van der Waals surface area (Å²) in [5.41, 5.74) is -0.976. The van der Waals surface area contributed by atoms with Crippen molar-refractivity contribution in [2.75, 3.05) is 6.61 Å². The number of hydrogen-bond donors (Lipinski definition) is 1. The lowest BCUT2D eigenvalue weighted by Crippen LogP contribution is -2.49. The first-order valence-electron chi connectivity index (χ1n) is 10.6. The van der Waals surface area contributed by atoms with Crippen molar-refractivity contribution in [1.82, 2.24) is 9.55 Å². The predicted octanol–water partition coefficient (Wildman–Crippen LogP) is 4.91. The Labute approximate surface area is 201 Å². The Kier molecular flexibility index (Phi) is 7.64. The number of ether oxygens (including phenoxy) is 1. The molecular weight excluding hydrogens is 543 g/mol. The van der Waals surface area contributed by atoms with Crippen molar-refractivity contribution in [3.8, 4) is 0 Å². The van der Waals surface area contributed by atoms with Crippen molar-refractivity contribution >= 4 is 45.1 Å². The Morgan fingerprint density at radius 2 is 1.61 bits per heavy atom. The zero-order chi connectivity index (χ0) is 24.0. The Morgan fingerprint density at radius 3 is 2.10 bits per heavy atom. The standard InChI is InChI=1S/C21H37IN2O5Si2/c1-20(2,3)30(7,8)27-13-14-17(29-31(9,10)21(4,5)6)16(22)18(28-14)24-12-11-15(25)23-19(24)26/h11-12,14,17H,13H2,1-10H3,(H,23,25,26)/t14-,17+/m1/s1. The average Bonchev–Trinajstić information content (AvgIpc) is 2.87. The maximum absolute atomic E-state index is 12.4. The predicted molar refractivity (Wildman–Crippen MR) is 139 cm³/mol. The van der Waals surface area contributed by atoms with E-state index < -0.39 is 27.9 Å². The molecule has 0 unspecified atom stereocenters. The fourth-order valence-electron chi connectivity index (χ4n) is 2.55. The van der Waals surface area contributed by atoms with Crippen LogP contribution in [-0.2, 0) is 13.6 Å². The van der Waals surface area contributed by atoms with E-state index in [2.05, 4.69) is 95.3 Å². The summed E-state index contributed by atoms with van der Waals surface area (Å²) in [6.45, 7) is 22.4. The number of halogens is 1. The van der Waals surface area contributed by atoms with Gasteiger partial charge in [0.2, 0.25) is 5.88 Å². The second kappa shape index (κ2) is 8.92. The van der Waals surface area contributed by atoms with Gasteiger partial charge in [0.1, 0.15) is 6.10 Å². The summed E-state index contributed by atoms with van der Waals surface area (Å²) in [5, 5.41) is 0.0903. The van der Waals surface area contributed by atoms with Crippen LogP contribution in [0.15, 0.2) is 25.4 Å². The Hall–Kier alpha value is -0.696. The van der Waals surface area contributed by atoms with E-state index in [4.69, 9.17) is 13.6 Å². The van der Waals surface area contributed by atoms with Crippen LogP contribution in [0.1, 0.15) is 41.5 Å². The van der Waals surface area contributed by atoms with E-state index in [1.165, 1.54) is 16.8 Å². The minimum atomic E-state index is -2.13. The summed E-state index contributed by atoms with van der Waals surface area (Å²) < 4.78 is 21.6. The largest absolute Gasteiger partial charge is 0.469 e. The van der Waals surface area contributed by atoms with Crippen molar-refractivity contribution in [1.29, 1.82) is 0 Å². The summed E-state index contributed by atoms with van der Waals surface area (Å²) in [6.07, 6.45) is 0.736. The van der Waals surface area contributed by atoms with E-state index in [0.717, 1.165) is 3.58 Å². The quantitative estimate of drug-likeness (QED) is 0.382. The monoisotopic (exact) mass is 580 g/mol. The van der Waals surface area contributed by atoms with Gasteiger partial charge in [-0.25, -0.2) is 9.36 Å². The molecule has 0 spiro atoms. The molecule has 0 fully saturated rings. The number of nitrogens with one attached hydrogen (secondary N) is 1. The van der Waals surface area contributed by atoms with Crippen molar-refractivity contribution in [2.24, 2.45) is 0 Å². The molecule has 0 bridgehead atoms. The van der Waals surface area contributed by atoms with Gasteiger partial charge in [-0.05, 0) is 58.9 Å². The van der Waals surface area contributed by atoms with Crippen LogP contribution in [0.25, 0.3) is 5.88 Å². The van der Waals surface area contributed by atoms with E-state index in [9.17, 15) is 9.59 Å². The van der Waals surface area contributed by atoms with Gasteiger partial charge in [0.15, 0.2) is 22.7 Å². The highest BCUT2D eigenvalue weighted by Gasteiger charge is 2.47. The molecule has 2 atom stereocenters. The van der Waals surface area contributed by atoms with Gasteiger partial charge >= 0.3 is 5.69 Å². The van der Waals surface area contributed by atoms with Gasteiger partial charge in [0, 0.05) is 12.3 Å². The van der Waals surface area contributed by atoms with Crippen LogP contribution in [0.5, 0.6) is 0 Å². The molecule has 0 aromatic carbocycles. The van der Waals surface area contributed by atoms with E-state index in [0.29, 0.717) is 12.5 Å². The zero-order valence-electron chi connectivity index (χ0n) is 20.4. The smallest absolute Gasteiger partial charge is 0.335 e. The molecule has 1 N–H and O–H groups in total. The number of nitrogens with zero attached hydrogens (tertiary/aromatic N) is 1. The SMILES string of the molecule is CC(C)(C)[Si](C)(C)OC[C@H]1OC(n2ccc(=O)[nH]c2=O)=C(I)[C@H]1O[Si](C)(C)C(C)(C)C. The highest BCUT2D eigenvalue weighted by Crippen LogP contribution is 2.43. The van der Waals surface area contributed by atoms with Crippen LogP contribution in [0.3, 0.4) is 0 Å². The molecule has 0 radical (unpaired) electrons. The van der Waals surface area contributed by atoms with Gasteiger partial charge in [-0.3, -0.25) is 9.78 Å². The number of aromatic nitrogens is 2. The van der Waals surface area contributed by atoms with Gasteiger partial charge in [0.25, 0.3) is 5.56 Å². The molecule has 2 heterocycles. The minimum absolute atomic E-state index is 0.0202. The maximum atomic E-state index is 12.4. The molecule has 1 aromatic heterocycles. The van der Waals surface area contributed by atoms with Crippen LogP contribution in [0, 0.1) is 0 Å². The number of aromatic amines is 1. The van der Waals surface area contributed by atoms with Crippen molar-refractivity contribution in [2.45, 2.75) is 90.0 Å².